The second-order valence-corrected chi connectivity index (χ2v) is 8.05. The van der Waals surface area contributed by atoms with Crippen LogP contribution in [0.5, 0.6) is 0 Å². The summed E-state index contributed by atoms with van der Waals surface area (Å²) in [6.07, 6.45) is 7.31. The van der Waals surface area contributed by atoms with Crippen LogP contribution in [0.4, 0.5) is 5.88 Å². The Morgan fingerprint density at radius 3 is 2.93 bits per heavy atom. The highest BCUT2D eigenvalue weighted by Crippen LogP contribution is 2.55. The standard InChI is InChI=1S/C19H28N4O5/c1-2-3-4-14(11-22(27)13-24)9-17(25)23-12-19(6-7-19)10-15(23)18(26)21-16-5-8-20-28-16/h5,8,13-15,27H,2-4,6-7,9-12H2,1H3,(H,21,26)/t14?,15-/m0/s1. The Morgan fingerprint density at radius 1 is 1.54 bits per heavy atom. The third-order valence-corrected chi connectivity index (χ3v) is 5.77. The summed E-state index contributed by atoms with van der Waals surface area (Å²) in [5, 5.41) is 16.4. The Bertz CT molecular complexity index is 689. The Balaban J connectivity index is 1.66. The van der Waals surface area contributed by atoms with Crippen LogP contribution in [0.25, 0.3) is 0 Å². The lowest BCUT2D eigenvalue weighted by molar-refractivity contribution is -0.154. The molecule has 2 heterocycles. The maximum Gasteiger partial charge on any atom is 0.249 e. The van der Waals surface area contributed by atoms with E-state index in [1.807, 2.05) is 0 Å². The van der Waals surface area contributed by atoms with Crippen LogP contribution in [0.3, 0.4) is 0 Å². The summed E-state index contributed by atoms with van der Waals surface area (Å²) in [5.41, 5.74) is 0.0593. The molecule has 2 atom stereocenters. The van der Waals surface area contributed by atoms with Gasteiger partial charge in [0.1, 0.15) is 6.04 Å². The molecule has 3 amide bonds. The van der Waals surface area contributed by atoms with Crippen LogP contribution in [0.2, 0.25) is 0 Å². The van der Waals surface area contributed by atoms with Crippen molar-refractivity contribution in [2.75, 3.05) is 18.4 Å². The molecule has 0 bridgehead atoms. The lowest BCUT2D eigenvalue weighted by atomic mass is 9.97. The van der Waals surface area contributed by atoms with Gasteiger partial charge in [-0.25, -0.2) is 5.06 Å². The van der Waals surface area contributed by atoms with Gasteiger partial charge in [-0.05, 0) is 37.0 Å². The average Bonchev–Trinajstić information content (AvgIpc) is 3.06. The van der Waals surface area contributed by atoms with Crippen molar-refractivity contribution >= 4 is 24.1 Å². The van der Waals surface area contributed by atoms with Crippen LogP contribution in [-0.2, 0) is 14.4 Å². The largest absolute Gasteiger partial charge is 0.338 e. The van der Waals surface area contributed by atoms with Gasteiger partial charge in [-0.3, -0.25) is 24.9 Å². The first kappa shape index (κ1) is 20.3. The molecular weight excluding hydrogens is 364 g/mol. The van der Waals surface area contributed by atoms with Crippen LogP contribution in [0.15, 0.2) is 16.8 Å². The second kappa shape index (κ2) is 8.72. The van der Waals surface area contributed by atoms with Crippen LogP contribution >= 0.6 is 0 Å². The van der Waals surface area contributed by atoms with E-state index in [1.54, 1.807) is 11.0 Å². The molecule has 1 saturated heterocycles. The molecule has 1 aromatic heterocycles. The van der Waals surface area contributed by atoms with Crippen LogP contribution in [0, 0.1) is 11.3 Å². The molecule has 28 heavy (non-hydrogen) atoms. The Hall–Kier alpha value is -2.42. The number of anilines is 1. The van der Waals surface area contributed by atoms with E-state index in [0.29, 0.717) is 24.4 Å². The Kier molecular flexibility index (Phi) is 6.33. The van der Waals surface area contributed by atoms with E-state index in [4.69, 9.17) is 4.52 Å². The molecule has 2 aliphatic rings. The van der Waals surface area contributed by atoms with Crippen molar-refractivity contribution in [2.45, 2.75) is 57.9 Å². The average molecular weight is 392 g/mol. The maximum absolute atomic E-state index is 13.0. The third kappa shape index (κ3) is 4.89. The fraction of sp³-hybridized carbons (Fsp3) is 0.684. The van der Waals surface area contributed by atoms with Gasteiger partial charge in [0.15, 0.2) is 0 Å². The molecule has 3 rings (SSSR count). The summed E-state index contributed by atoms with van der Waals surface area (Å²) >= 11 is 0. The van der Waals surface area contributed by atoms with E-state index < -0.39 is 6.04 Å². The highest BCUT2D eigenvalue weighted by molar-refractivity contribution is 5.96. The second-order valence-electron chi connectivity index (χ2n) is 8.05. The zero-order chi connectivity index (χ0) is 20.1. The number of hydrogen-bond acceptors (Lipinski definition) is 6. The minimum atomic E-state index is -0.539. The normalized spacial score (nSPS) is 20.8. The first-order chi connectivity index (χ1) is 13.5. The van der Waals surface area contributed by atoms with Crippen molar-refractivity contribution < 1.29 is 24.1 Å². The number of carbonyl (C=O) groups is 3. The molecule has 0 radical (unpaired) electrons. The van der Waals surface area contributed by atoms with Gasteiger partial charge in [0, 0.05) is 19.0 Å². The van der Waals surface area contributed by atoms with E-state index in [-0.39, 0.29) is 42.0 Å². The van der Waals surface area contributed by atoms with Crippen molar-refractivity contribution in [1.29, 1.82) is 0 Å². The first-order valence-corrected chi connectivity index (χ1v) is 9.88. The zero-order valence-electron chi connectivity index (χ0n) is 16.2. The van der Waals surface area contributed by atoms with Crippen LogP contribution in [0.1, 0.15) is 51.9 Å². The van der Waals surface area contributed by atoms with E-state index in [1.165, 1.54) is 6.20 Å². The van der Waals surface area contributed by atoms with Crippen molar-refractivity contribution in [2.24, 2.45) is 11.3 Å². The molecule has 9 nitrogen and oxygen atoms in total. The smallest absolute Gasteiger partial charge is 0.249 e. The van der Waals surface area contributed by atoms with E-state index in [0.717, 1.165) is 32.1 Å². The fourth-order valence-electron chi connectivity index (χ4n) is 4.00. The Labute approximate surface area is 164 Å². The third-order valence-electron chi connectivity index (χ3n) is 5.77. The molecule has 2 N–H and O–H groups in total. The minimum Gasteiger partial charge on any atom is -0.338 e. The summed E-state index contributed by atoms with van der Waals surface area (Å²) in [6, 6.07) is 1.02. The molecule has 9 heteroatoms. The molecule has 1 aliphatic carbocycles. The van der Waals surface area contributed by atoms with E-state index in [9.17, 15) is 19.6 Å². The van der Waals surface area contributed by atoms with Crippen LogP contribution < -0.4 is 5.32 Å². The zero-order valence-corrected chi connectivity index (χ0v) is 16.2. The van der Waals surface area contributed by atoms with Gasteiger partial charge >= 0.3 is 0 Å². The summed E-state index contributed by atoms with van der Waals surface area (Å²) < 4.78 is 4.94. The number of unbranched alkanes of at least 4 members (excludes halogenated alkanes) is 1. The summed E-state index contributed by atoms with van der Waals surface area (Å²) in [6.45, 7) is 2.75. The van der Waals surface area contributed by atoms with E-state index in [2.05, 4.69) is 17.4 Å². The monoisotopic (exact) mass is 392 g/mol. The number of carbonyl (C=O) groups excluding carboxylic acids is 3. The predicted octanol–water partition coefficient (Wildman–Crippen LogP) is 2.04. The predicted molar refractivity (Wildman–Crippen MR) is 99.1 cm³/mol. The molecule has 0 aromatic carbocycles. The van der Waals surface area contributed by atoms with Crippen molar-refractivity contribution in [3.63, 3.8) is 0 Å². The number of nitrogens with one attached hydrogen (secondary N) is 1. The fourth-order valence-corrected chi connectivity index (χ4v) is 4.00. The molecule has 1 aromatic rings. The lowest BCUT2D eigenvalue weighted by Crippen LogP contribution is -2.44. The van der Waals surface area contributed by atoms with Crippen molar-refractivity contribution in [3.8, 4) is 0 Å². The quantitative estimate of drug-likeness (QED) is 0.358. The lowest BCUT2D eigenvalue weighted by Gasteiger charge is -2.26. The van der Waals surface area contributed by atoms with Gasteiger partial charge in [-0.15, -0.1) is 0 Å². The number of hydroxylamine groups is 2. The van der Waals surface area contributed by atoms with Gasteiger partial charge < -0.3 is 9.42 Å². The molecule has 1 spiro atoms. The highest BCUT2D eigenvalue weighted by Gasteiger charge is 2.55. The SMILES string of the molecule is CCCCC(CC(=O)N1CC2(CC2)C[C@H]1C(=O)Nc1ccno1)CN(O)C=O. The number of rotatable bonds is 10. The number of hydrogen-bond donors (Lipinski definition) is 2. The van der Waals surface area contributed by atoms with Crippen LogP contribution in [-0.4, -0.2) is 57.7 Å². The van der Waals surface area contributed by atoms with Gasteiger partial charge in [0.05, 0.1) is 12.7 Å². The van der Waals surface area contributed by atoms with Gasteiger partial charge in [0.25, 0.3) is 0 Å². The first-order valence-electron chi connectivity index (χ1n) is 9.88. The topological polar surface area (TPSA) is 116 Å². The number of likely N-dealkylation sites (tertiary alicyclic amines) is 1. The maximum atomic E-state index is 13.0. The number of nitrogens with zero attached hydrogens (tertiary/aromatic N) is 3. The Morgan fingerprint density at radius 2 is 2.32 bits per heavy atom. The summed E-state index contributed by atoms with van der Waals surface area (Å²) in [5.74, 6) is -0.259. The number of amides is 3. The molecular formula is C19H28N4O5. The van der Waals surface area contributed by atoms with E-state index >= 15 is 0 Å². The van der Waals surface area contributed by atoms with Crippen molar-refractivity contribution in [1.82, 2.24) is 15.1 Å². The van der Waals surface area contributed by atoms with Gasteiger partial charge in [-0.1, -0.05) is 24.9 Å². The molecule has 1 unspecified atom stereocenters. The number of aromatic nitrogens is 1. The molecule has 154 valence electrons. The minimum absolute atomic E-state index is 0.0593. The van der Waals surface area contributed by atoms with Gasteiger partial charge in [0.2, 0.25) is 24.1 Å². The molecule has 1 aliphatic heterocycles. The molecule has 1 saturated carbocycles. The highest BCUT2D eigenvalue weighted by atomic mass is 16.5. The van der Waals surface area contributed by atoms with Crippen molar-refractivity contribution in [3.05, 3.63) is 12.3 Å². The molecule has 2 fully saturated rings. The summed E-state index contributed by atoms with van der Waals surface area (Å²) in [4.78, 5) is 38.2. The summed E-state index contributed by atoms with van der Waals surface area (Å²) in [7, 11) is 0. The van der Waals surface area contributed by atoms with Gasteiger partial charge in [-0.2, -0.15) is 0 Å².